The highest BCUT2D eigenvalue weighted by Gasteiger charge is 2.17. The zero-order valence-electron chi connectivity index (χ0n) is 13.3. The van der Waals surface area contributed by atoms with Gasteiger partial charge in [-0.05, 0) is 60.8 Å². The SMILES string of the molecule is Cc1cc(Cl)ccc1OCC(=O)Nc1ccc2c(c1F)CCNC2. The molecule has 4 nitrogen and oxygen atoms in total. The number of anilines is 1. The number of benzene rings is 2. The number of hydrogen-bond acceptors (Lipinski definition) is 3. The Labute approximate surface area is 145 Å². The van der Waals surface area contributed by atoms with Crippen molar-refractivity contribution < 1.29 is 13.9 Å². The molecule has 0 fully saturated rings. The Hall–Kier alpha value is -2.11. The van der Waals surface area contributed by atoms with Crippen LogP contribution in [0.5, 0.6) is 5.75 Å². The fraction of sp³-hybridized carbons (Fsp3) is 0.278. The van der Waals surface area contributed by atoms with E-state index in [4.69, 9.17) is 16.3 Å². The van der Waals surface area contributed by atoms with Gasteiger partial charge in [0.05, 0.1) is 5.69 Å². The van der Waals surface area contributed by atoms with Crippen LogP contribution in [-0.4, -0.2) is 19.1 Å². The van der Waals surface area contributed by atoms with Crippen LogP contribution in [0.25, 0.3) is 0 Å². The number of nitrogens with one attached hydrogen (secondary N) is 2. The van der Waals surface area contributed by atoms with Gasteiger partial charge in [0.25, 0.3) is 5.91 Å². The lowest BCUT2D eigenvalue weighted by Gasteiger charge is -2.19. The highest BCUT2D eigenvalue weighted by atomic mass is 35.5. The van der Waals surface area contributed by atoms with Crippen molar-refractivity contribution in [2.45, 2.75) is 19.9 Å². The molecule has 0 atom stereocenters. The summed E-state index contributed by atoms with van der Waals surface area (Å²) >= 11 is 5.88. The van der Waals surface area contributed by atoms with E-state index in [0.717, 1.165) is 17.7 Å². The number of fused-ring (bicyclic) bond motifs is 1. The molecular formula is C18H18ClFN2O2. The Morgan fingerprint density at radius 2 is 2.21 bits per heavy atom. The summed E-state index contributed by atoms with van der Waals surface area (Å²) < 4.78 is 20.0. The van der Waals surface area contributed by atoms with Gasteiger partial charge in [-0.3, -0.25) is 4.79 Å². The van der Waals surface area contributed by atoms with E-state index in [1.807, 2.05) is 13.0 Å². The van der Waals surface area contributed by atoms with Crippen LogP contribution >= 0.6 is 11.6 Å². The van der Waals surface area contributed by atoms with E-state index in [1.54, 1.807) is 24.3 Å². The maximum absolute atomic E-state index is 14.5. The molecule has 0 radical (unpaired) electrons. The maximum atomic E-state index is 14.5. The number of carbonyl (C=O) groups is 1. The van der Waals surface area contributed by atoms with Gasteiger partial charge in [-0.1, -0.05) is 17.7 Å². The molecule has 3 rings (SSSR count). The number of carbonyl (C=O) groups excluding carboxylic acids is 1. The van der Waals surface area contributed by atoms with E-state index in [1.165, 1.54) is 0 Å². The fourth-order valence-electron chi connectivity index (χ4n) is 2.73. The molecule has 2 N–H and O–H groups in total. The summed E-state index contributed by atoms with van der Waals surface area (Å²) in [5.41, 5.74) is 2.63. The van der Waals surface area contributed by atoms with E-state index < -0.39 is 5.91 Å². The van der Waals surface area contributed by atoms with Gasteiger partial charge in [-0.2, -0.15) is 0 Å². The molecule has 0 spiro atoms. The van der Waals surface area contributed by atoms with Crippen molar-refractivity contribution in [2.24, 2.45) is 0 Å². The highest BCUT2D eigenvalue weighted by Crippen LogP contribution is 2.25. The van der Waals surface area contributed by atoms with Gasteiger partial charge in [0.1, 0.15) is 11.6 Å². The first-order valence-electron chi connectivity index (χ1n) is 7.74. The molecular weight excluding hydrogens is 331 g/mol. The smallest absolute Gasteiger partial charge is 0.262 e. The Morgan fingerprint density at radius 1 is 1.38 bits per heavy atom. The second kappa shape index (κ2) is 7.20. The minimum atomic E-state index is -0.405. The summed E-state index contributed by atoms with van der Waals surface area (Å²) in [7, 11) is 0. The maximum Gasteiger partial charge on any atom is 0.262 e. The summed E-state index contributed by atoms with van der Waals surface area (Å²) in [6.07, 6.45) is 0.616. The number of halogens is 2. The molecule has 1 amide bonds. The monoisotopic (exact) mass is 348 g/mol. The molecule has 0 saturated carbocycles. The normalized spacial score (nSPS) is 13.3. The third-order valence-corrected chi connectivity index (χ3v) is 4.21. The number of ether oxygens (including phenoxy) is 1. The van der Waals surface area contributed by atoms with Crippen molar-refractivity contribution in [2.75, 3.05) is 18.5 Å². The van der Waals surface area contributed by atoms with Crippen LogP contribution in [0, 0.1) is 12.7 Å². The second-order valence-electron chi connectivity index (χ2n) is 5.74. The molecule has 1 heterocycles. The van der Waals surface area contributed by atoms with Crippen molar-refractivity contribution in [3.8, 4) is 5.75 Å². The molecule has 126 valence electrons. The van der Waals surface area contributed by atoms with E-state index in [-0.39, 0.29) is 18.1 Å². The van der Waals surface area contributed by atoms with Gasteiger partial charge in [0.15, 0.2) is 6.61 Å². The van der Waals surface area contributed by atoms with Gasteiger partial charge in [-0.15, -0.1) is 0 Å². The van der Waals surface area contributed by atoms with Crippen LogP contribution < -0.4 is 15.4 Å². The van der Waals surface area contributed by atoms with E-state index in [2.05, 4.69) is 10.6 Å². The molecule has 24 heavy (non-hydrogen) atoms. The Morgan fingerprint density at radius 3 is 3.00 bits per heavy atom. The topological polar surface area (TPSA) is 50.4 Å². The van der Waals surface area contributed by atoms with Gasteiger partial charge in [0.2, 0.25) is 0 Å². The summed E-state index contributed by atoms with van der Waals surface area (Å²) in [4.78, 5) is 12.0. The van der Waals surface area contributed by atoms with Gasteiger partial charge < -0.3 is 15.4 Å². The molecule has 0 bridgehead atoms. The zero-order valence-corrected chi connectivity index (χ0v) is 14.0. The highest BCUT2D eigenvalue weighted by molar-refractivity contribution is 6.30. The van der Waals surface area contributed by atoms with E-state index in [9.17, 15) is 9.18 Å². The molecule has 2 aromatic carbocycles. The number of rotatable bonds is 4. The van der Waals surface area contributed by atoms with Crippen LogP contribution in [0.4, 0.5) is 10.1 Å². The van der Waals surface area contributed by atoms with Gasteiger partial charge in [-0.25, -0.2) is 4.39 Å². The third kappa shape index (κ3) is 3.68. The van der Waals surface area contributed by atoms with Crippen LogP contribution in [0.1, 0.15) is 16.7 Å². The number of amides is 1. The van der Waals surface area contributed by atoms with Crippen molar-refractivity contribution in [1.29, 1.82) is 0 Å². The molecule has 0 aromatic heterocycles. The minimum absolute atomic E-state index is 0.192. The lowest BCUT2D eigenvalue weighted by Crippen LogP contribution is -2.26. The van der Waals surface area contributed by atoms with Crippen LogP contribution in [0.2, 0.25) is 5.02 Å². The summed E-state index contributed by atoms with van der Waals surface area (Å²) in [6.45, 7) is 3.04. The van der Waals surface area contributed by atoms with E-state index in [0.29, 0.717) is 29.3 Å². The molecule has 2 aromatic rings. The predicted octanol–water partition coefficient (Wildman–Crippen LogP) is 3.45. The number of hydrogen-bond donors (Lipinski definition) is 2. The first-order valence-corrected chi connectivity index (χ1v) is 8.12. The molecule has 6 heteroatoms. The first kappa shape index (κ1) is 16.7. The summed E-state index contributed by atoms with van der Waals surface area (Å²) in [5, 5.41) is 6.38. The quantitative estimate of drug-likeness (QED) is 0.889. The molecule has 1 aliphatic rings. The number of aryl methyl sites for hydroxylation is 1. The van der Waals surface area contributed by atoms with Crippen LogP contribution in [-0.2, 0) is 17.8 Å². The standard InChI is InChI=1S/C18H18ClFN2O2/c1-11-8-13(19)3-5-16(11)24-10-17(23)22-15-4-2-12-9-21-7-6-14(12)18(15)20/h2-5,8,21H,6-7,9-10H2,1H3,(H,22,23). The van der Waals surface area contributed by atoms with Gasteiger partial charge in [0, 0.05) is 11.6 Å². The van der Waals surface area contributed by atoms with Crippen molar-refractivity contribution in [3.63, 3.8) is 0 Å². The lowest BCUT2D eigenvalue weighted by atomic mass is 9.99. The summed E-state index contributed by atoms with van der Waals surface area (Å²) in [6, 6.07) is 8.58. The van der Waals surface area contributed by atoms with Crippen molar-refractivity contribution >= 4 is 23.2 Å². The molecule has 1 aliphatic heterocycles. The lowest BCUT2D eigenvalue weighted by molar-refractivity contribution is -0.118. The van der Waals surface area contributed by atoms with E-state index >= 15 is 0 Å². The Kier molecular flexibility index (Phi) is 5.02. The average Bonchev–Trinajstić information content (AvgIpc) is 2.57. The largest absolute Gasteiger partial charge is 0.483 e. The fourth-order valence-corrected chi connectivity index (χ4v) is 2.96. The Bertz CT molecular complexity index is 780. The van der Waals surface area contributed by atoms with Crippen molar-refractivity contribution in [3.05, 3.63) is 57.9 Å². The third-order valence-electron chi connectivity index (χ3n) is 3.98. The first-order chi connectivity index (χ1) is 11.5. The second-order valence-corrected chi connectivity index (χ2v) is 6.17. The summed E-state index contributed by atoms with van der Waals surface area (Å²) in [5.74, 6) is -0.186. The predicted molar refractivity (Wildman–Crippen MR) is 92.1 cm³/mol. The van der Waals surface area contributed by atoms with Crippen LogP contribution in [0.3, 0.4) is 0 Å². The average molecular weight is 349 g/mol. The Balaban J connectivity index is 1.65. The molecule has 0 unspecified atom stereocenters. The minimum Gasteiger partial charge on any atom is -0.483 e. The molecule has 0 aliphatic carbocycles. The zero-order chi connectivity index (χ0) is 17.1. The molecule has 0 saturated heterocycles. The van der Waals surface area contributed by atoms with Gasteiger partial charge >= 0.3 is 0 Å². The van der Waals surface area contributed by atoms with Crippen LogP contribution in [0.15, 0.2) is 30.3 Å². The van der Waals surface area contributed by atoms with Crippen molar-refractivity contribution in [1.82, 2.24) is 5.32 Å².